The number of esters is 1. The zero-order valence-corrected chi connectivity index (χ0v) is 19.3. The van der Waals surface area contributed by atoms with Crippen molar-refractivity contribution < 1.29 is 19.0 Å². The lowest BCUT2D eigenvalue weighted by Crippen LogP contribution is -2.27. The number of ether oxygens (including phenoxy) is 3. The van der Waals surface area contributed by atoms with Crippen molar-refractivity contribution in [1.82, 2.24) is 0 Å². The molecule has 1 aliphatic rings. The molecule has 0 saturated heterocycles. The molecule has 0 aliphatic carbocycles. The molecule has 4 rings (SSSR count). The summed E-state index contributed by atoms with van der Waals surface area (Å²) >= 11 is 0. The van der Waals surface area contributed by atoms with E-state index < -0.39 is 5.60 Å². The molecule has 3 aromatic rings. The first-order chi connectivity index (χ1) is 14.7. The summed E-state index contributed by atoms with van der Waals surface area (Å²) in [6.45, 7) is 9.47. The summed E-state index contributed by atoms with van der Waals surface area (Å²) < 4.78 is 17.4. The van der Waals surface area contributed by atoms with E-state index in [0.29, 0.717) is 0 Å². The zero-order valence-electron chi connectivity index (χ0n) is 18.5. The third kappa shape index (κ3) is 4.57. The van der Waals surface area contributed by atoms with Gasteiger partial charge in [-0.1, -0.05) is 24.3 Å². The molecule has 1 aliphatic heterocycles. The average Bonchev–Trinajstić information content (AvgIpc) is 2.70. The smallest absolute Gasteiger partial charge is 0.344 e. The molecule has 3 aromatic carbocycles. The van der Waals surface area contributed by atoms with Crippen LogP contribution in [0.5, 0.6) is 17.2 Å². The van der Waals surface area contributed by atoms with E-state index in [0.717, 1.165) is 28.4 Å². The van der Waals surface area contributed by atoms with E-state index in [2.05, 4.69) is 24.3 Å². The molecule has 0 unspecified atom stereocenters. The molecule has 5 heteroatoms. The lowest BCUT2D eigenvalue weighted by molar-refractivity contribution is -0.157. The molecule has 0 amide bonds. The topological polar surface area (TPSA) is 44.8 Å². The molecule has 0 radical (unpaired) electrons. The largest absolute Gasteiger partial charge is 0.481 e. The van der Waals surface area contributed by atoms with Crippen molar-refractivity contribution >= 4 is 16.9 Å². The second-order valence-electron chi connectivity index (χ2n) is 8.56. The standard InChI is InChI=1S/C26H27O4S/c1-17-14-19(15-18(2)25(17)28-16-24(27)30-26(3,4)5)31-22-12-8-6-10-20(22)29-21-11-7-9-13-23(21)31/h6-15H,16H2,1-5H3/q+1. The van der Waals surface area contributed by atoms with Crippen molar-refractivity contribution in [2.24, 2.45) is 0 Å². The van der Waals surface area contributed by atoms with Crippen LogP contribution in [0, 0.1) is 13.8 Å². The van der Waals surface area contributed by atoms with Crippen LogP contribution in [0.4, 0.5) is 0 Å². The monoisotopic (exact) mass is 435 g/mol. The Morgan fingerprint density at radius 3 is 1.94 bits per heavy atom. The summed E-state index contributed by atoms with van der Waals surface area (Å²) in [4.78, 5) is 15.6. The van der Waals surface area contributed by atoms with Gasteiger partial charge in [-0.2, -0.15) is 0 Å². The Bertz CT molecular complexity index is 1060. The Kier molecular flexibility index (Phi) is 5.71. The van der Waals surface area contributed by atoms with E-state index >= 15 is 0 Å². The number of hydrogen-bond donors (Lipinski definition) is 0. The fourth-order valence-electron chi connectivity index (χ4n) is 3.66. The van der Waals surface area contributed by atoms with Gasteiger partial charge in [0.25, 0.3) is 0 Å². The summed E-state index contributed by atoms with van der Waals surface area (Å²) in [5.41, 5.74) is 1.46. The molecule has 31 heavy (non-hydrogen) atoms. The second-order valence-corrected chi connectivity index (χ2v) is 10.5. The normalized spacial score (nSPS) is 13.1. The van der Waals surface area contributed by atoms with Crippen molar-refractivity contribution in [1.29, 1.82) is 0 Å². The maximum Gasteiger partial charge on any atom is 0.344 e. The molecule has 0 bridgehead atoms. The summed E-state index contributed by atoms with van der Waals surface area (Å²) in [5, 5.41) is 0. The third-order valence-corrected chi connectivity index (χ3v) is 7.04. The molecule has 0 atom stereocenters. The van der Waals surface area contributed by atoms with Gasteiger partial charge in [0.15, 0.2) is 23.0 Å². The van der Waals surface area contributed by atoms with Crippen LogP contribution in [0.25, 0.3) is 0 Å². The number of rotatable bonds is 4. The number of hydrogen-bond acceptors (Lipinski definition) is 4. The highest BCUT2D eigenvalue weighted by Gasteiger charge is 2.39. The van der Waals surface area contributed by atoms with Crippen molar-refractivity contribution in [3.05, 3.63) is 71.8 Å². The first-order valence-corrected chi connectivity index (χ1v) is 11.5. The first kappa shape index (κ1) is 21.3. The molecule has 0 saturated carbocycles. The van der Waals surface area contributed by atoms with Crippen LogP contribution >= 0.6 is 0 Å². The maximum absolute atomic E-state index is 12.1. The minimum atomic E-state index is -0.528. The number of fused-ring (bicyclic) bond motifs is 2. The average molecular weight is 436 g/mol. The second kappa shape index (κ2) is 8.31. The molecule has 4 nitrogen and oxygen atoms in total. The highest BCUT2D eigenvalue weighted by molar-refractivity contribution is 7.97. The Morgan fingerprint density at radius 1 is 0.903 bits per heavy atom. The SMILES string of the molecule is Cc1cc([S+]2c3ccccc3Oc3ccccc32)cc(C)c1OCC(=O)OC(C)(C)C. The third-order valence-electron chi connectivity index (χ3n) is 4.78. The summed E-state index contributed by atoms with van der Waals surface area (Å²) in [6.07, 6.45) is 0. The highest BCUT2D eigenvalue weighted by Crippen LogP contribution is 2.47. The predicted octanol–water partition coefficient (Wildman–Crippen LogP) is 6.23. The van der Waals surface area contributed by atoms with Crippen molar-refractivity contribution in [2.45, 2.75) is 54.9 Å². The fraction of sp³-hybridized carbons (Fsp3) is 0.269. The van der Waals surface area contributed by atoms with Gasteiger partial charge in [0, 0.05) is 12.1 Å². The molecule has 0 N–H and O–H groups in total. The van der Waals surface area contributed by atoms with Crippen LogP contribution in [0.3, 0.4) is 0 Å². The molecular formula is C26H27O4S+. The van der Waals surface area contributed by atoms with Gasteiger partial charge >= 0.3 is 5.97 Å². The highest BCUT2D eigenvalue weighted by atomic mass is 32.2. The Morgan fingerprint density at radius 2 is 1.42 bits per heavy atom. The van der Waals surface area contributed by atoms with Crippen LogP contribution in [-0.4, -0.2) is 18.2 Å². The number of para-hydroxylation sites is 2. The summed E-state index contributed by atoms with van der Waals surface area (Å²) in [5.74, 6) is 2.15. The number of aryl methyl sites for hydroxylation is 2. The van der Waals surface area contributed by atoms with Crippen LogP contribution in [0.1, 0.15) is 31.9 Å². The van der Waals surface area contributed by atoms with E-state index in [9.17, 15) is 4.79 Å². The number of benzene rings is 3. The maximum atomic E-state index is 12.1. The van der Waals surface area contributed by atoms with Crippen LogP contribution < -0.4 is 9.47 Å². The molecule has 160 valence electrons. The van der Waals surface area contributed by atoms with Crippen LogP contribution in [-0.2, 0) is 20.4 Å². The van der Waals surface area contributed by atoms with Crippen LogP contribution in [0.2, 0.25) is 0 Å². The van der Waals surface area contributed by atoms with E-state index in [1.165, 1.54) is 14.7 Å². The Labute approximate surface area is 186 Å². The van der Waals surface area contributed by atoms with Crippen molar-refractivity contribution in [2.75, 3.05) is 6.61 Å². The molecule has 0 aromatic heterocycles. The van der Waals surface area contributed by atoms with Gasteiger partial charge in [0.05, 0.1) is 0 Å². The zero-order chi connectivity index (χ0) is 22.2. The van der Waals surface area contributed by atoms with E-state index in [1.807, 2.05) is 71.0 Å². The molecular weight excluding hydrogens is 408 g/mol. The minimum Gasteiger partial charge on any atom is -0.481 e. The fourth-order valence-corrected chi connectivity index (χ4v) is 6.04. The van der Waals surface area contributed by atoms with Crippen LogP contribution in [0.15, 0.2) is 75.4 Å². The summed E-state index contributed by atoms with van der Waals surface area (Å²) in [7, 11) is -0.285. The Balaban J connectivity index is 1.67. The van der Waals surface area contributed by atoms with Gasteiger partial charge in [-0.25, -0.2) is 4.79 Å². The van der Waals surface area contributed by atoms with E-state index in [-0.39, 0.29) is 23.5 Å². The van der Waals surface area contributed by atoms with Gasteiger partial charge in [0.1, 0.15) is 22.2 Å². The molecule has 0 spiro atoms. The lowest BCUT2D eigenvalue weighted by Gasteiger charge is -2.21. The van der Waals surface area contributed by atoms with Crippen molar-refractivity contribution in [3.8, 4) is 17.2 Å². The van der Waals surface area contributed by atoms with Gasteiger partial charge in [-0.3, -0.25) is 0 Å². The van der Waals surface area contributed by atoms with Gasteiger partial charge < -0.3 is 14.2 Å². The first-order valence-electron chi connectivity index (χ1n) is 10.3. The van der Waals surface area contributed by atoms with E-state index in [1.54, 1.807) is 0 Å². The summed E-state index contributed by atoms with van der Waals surface area (Å²) in [6, 6.07) is 20.7. The van der Waals surface area contributed by atoms with Gasteiger partial charge in [0.2, 0.25) is 9.79 Å². The van der Waals surface area contributed by atoms with Crippen molar-refractivity contribution in [3.63, 3.8) is 0 Å². The van der Waals surface area contributed by atoms with Gasteiger partial charge in [-0.15, -0.1) is 0 Å². The predicted molar refractivity (Wildman–Crippen MR) is 122 cm³/mol. The molecule has 1 heterocycles. The Hall–Kier alpha value is -2.92. The number of carbonyl (C=O) groups is 1. The lowest BCUT2D eigenvalue weighted by atomic mass is 10.1. The minimum absolute atomic E-state index is 0.108. The van der Waals surface area contributed by atoms with Gasteiger partial charge in [-0.05, 0) is 70.0 Å². The number of carbonyl (C=O) groups excluding carboxylic acids is 1. The molecule has 0 fully saturated rings. The van der Waals surface area contributed by atoms with E-state index in [4.69, 9.17) is 14.2 Å². The quantitative estimate of drug-likeness (QED) is 0.282.